The highest BCUT2D eigenvalue weighted by Gasteiger charge is 2.22. The zero-order valence-electron chi connectivity index (χ0n) is 11.8. The van der Waals surface area contributed by atoms with E-state index < -0.39 is 0 Å². The van der Waals surface area contributed by atoms with E-state index in [1.807, 2.05) is 26.2 Å². The first kappa shape index (κ1) is 14.9. The van der Waals surface area contributed by atoms with Crippen molar-refractivity contribution in [2.24, 2.45) is 0 Å². The Kier molecular flexibility index (Phi) is 6.68. The van der Waals surface area contributed by atoms with Gasteiger partial charge < -0.3 is 14.8 Å². The average Bonchev–Trinajstić information content (AvgIpc) is 2.40. The Morgan fingerprint density at radius 2 is 2.11 bits per heavy atom. The van der Waals surface area contributed by atoms with Crippen LogP contribution >= 0.6 is 0 Å². The fourth-order valence-corrected chi connectivity index (χ4v) is 2.13. The third kappa shape index (κ3) is 3.96. The standard InChI is InChI=1S/C14H24N2O2/c1-5-7-13(18-6-2)14(15-3)11-8-12(17-4)10-16-9-11/h8-10,13-15H,5-7H2,1-4H3. The minimum Gasteiger partial charge on any atom is -0.495 e. The lowest BCUT2D eigenvalue weighted by atomic mass is 9.99. The topological polar surface area (TPSA) is 43.4 Å². The van der Waals surface area contributed by atoms with Gasteiger partial charge in [-0.15, -0.1) is 0 Å². The number of aromatic nitrogens is 1. The van der Waals surface area contributed by atoms with E-state index in [-0.39, 0.29) is 12.1 Å². The van der Waals surface area contributed by atoms with Crippen molar-refractivity contribution in [2.75, 3.05) is 20.8 Å². The maximum absolute atomic E-state index is 5.83. The van der Waals surface area contributed by atoms with Gasteiger partial charge in [-0.1, -0.05) is 13.3 Å². The highest BCUT2D eigenvalue weighted by molar-refractivity contribution is 5.26. The molecule has 1 aromatic rings. The largest absolute Gasteiger partial charge is 0.495 e. The molecule has 0 spiro atoms. The summed E-state index contributed by atoms with van der Waals surface area (Å²) in [4.78, 5) is 4.21. The van der Waals surface area contributed by atoms with Gasteiger partial charge in [0.25, 0.3) is 0 Å². The van der Waals surface area contributed by atoms with Crippen LogP contribution < -0.4 is 10.1 Å². The monoisotopic (exact) mass is 252 g/mol. The quantitative estimate of drug-likeness (QED) is 0.772. The van der Waals surface area contributed by atoms with Crippen LogP contribution in [0.1, 0.15) is 38.3 Å². The number of pyridine rings is 1. The Hall–Kier alpha value is -1.13. The van der Waals surface area contributed by atoms with Gasteiger partial charge in [-0.25, -0.2) is 0 Å². The number of methoxy groups -OCH3 is 1. The lowest BCUT2D eigenvalue weighted by molar-refractivity contribution is 0.0294. The summed E-state index contributed by atoms with van der Waals surface area (Å²) in [6.07, 6.45) is 5.87. The van der Waals surface area contributed by atoms with E-state index in [0.29, 0.717) is 0 Å². The van der Waals surface area contributed by atoms with Gasteiger partial charge in [0, 0.05) is 12.8 Å². The van der Waals surface area contributed by atoms with Crippen molar-refractivity contribution in [3.63, 3.8) is 0 Å². The molecule has 0 aromatic carbocycles. The third-order valence-corrected chi connectivity index (χ3v) is 2.97. The molecule has 0 amide bonds. The third-order valence-electron chi connectivity index (χ3n) is 2.97. The number of likely N-dealkylation sites (N-methyl/N-ethyl adjacent to an activating group) is 1. The van der Waals surface area contributed by atoms with Gasteiger partial charge in [-0.2, -0.15) is 0 Å². The van der Waals surface area contributed by atoms with Gasteiger partial charge in [-0.3, -0.25) is 4.98 Å². The van der Waals surface area contributed by atoms with Gasteiger partial charge in [0.2, 0.25) is 0 Å². The molecule has 1 aromatic heterocycles. The zero-order valence-corrected chi connectivity index (χ0v) is 11.8. The molecule has 102 valence electrons. The Balaban J connectivity index is 2.90. The molecule has 0 aliphatic heterocycles. The van der Waals surface area contributed by atoms with Crippen molar-refractivity contribution < 1.29 is 9.47 Å². The minimum absolute atomic E-state index is 0.146. The molecule has 4 nitrogen and oxygen atoms in total. The van der Waals surface area contributed by atoms with Crippen LogP contribution in [0.4, 0.5) is 0 Å². The second-order valence-corrected chi connectivity index (χ2v) is 4.21. The van der Waals surface area contributed by atoms with Crippen molar-refractivity contribution >= 4 is 0 Å². The van der Waals surface area contributed by atoms with Crippen molar-refractivity contribution in [3.8, 4) is 5.75 Å². The first-order valence-corrected chi connectivity index (χ1v) is 6.54. The van der Waals surface area contributed by atoms with E-state index >= 15 is 0 Å². The molecular weight excluding hydrogens is 228 g/mol. The molecule has 0 saturated carbocycles. The molecule has 2 atom stereocenters. The van der Waals surface area contributed by atoms with Crippen molar-refractivity contribution in [2.45, 2.75) is 38.8 Å². The molecule has 0 saturated heterocycles. The second kappa shape index (κ2) is 8.06. The van der Waals surface area contributed by atoms with Gasteiger partial charge in [0.1, 0.15) is 5.75 Å². The summed E-state index contributed by atoms with van der Waals surface area (Å²) >= 11 is 0. The van der Waals surface area contributed by atoms with Gasteiger partial charge in [0.05, 0.1) is 25.5 Å². The lowest BCUT2D eigenvalue weighted by Gasteiger charge is -2.26. The molecule has 1 N–H and O–H groups in total. The lowest BCUT2D eigenvalue weighted by Crippen LogP contribution is -2.32. The number of hydrogen-bond acceptors (Lipinski definition) is 4. The van der Waals surface area contributed by atoms with E-state index in [1.54, 1.807) is 13.3 Å². The van der Waals surface area contributed by atoms with E-state index in [2.05, 4.69) is 17.2 Å². The number of hydrogen-bond donors (Lipinski definition) is 1. The Bertz CT molecular complexity index is 338. The summed E-state index contributed by atoms with van der Waals surface area (Å²) in [5.74, 6) is 0.777. The summed E-state index contributed by atoms with van der Waals surface area (Å²) in [5.41, 5.74) is 1.10. The number of nitrogens with zero attached hydrogens (tertiary/aromatic N) is 1. The van der Waals surface area contributed by atoms with Crippen LogP contribution in [0.2, 0.25) is 0 Å². The number of nitrogens with one attached hydrogen (secondary N) is 1. The first-order valence-electron chi connectivity index (χ1n) is 6.54. The van der Waals surface area contributed by atoms with Crippen LogP contribution in [-0.4, -0.2) is 31.9 Å². The molecule has 0 bridgehead atoms. The molecule has 2 unspecified atom stereocenters. The maximum Gasteiger partial charge on any atom is 0.137 e. The predicted molar refractivity (Wildman–Crippen MR) is 72.9 cm³/mol. The van der Waals surface area contributed by atoms with Crippen LogP contribution in [0.25, 0.3) is 0 Å². The Morgan fingerprint density at radius 1 is 1.33 bits per heavy atom. The SMILES string of the molecule is CCCC(OCC)C(NC)c1cncc(OC)c1. The zero-order chi connectivity index (χ0) is 13.4. The molecule has 0 aliphatic rings. The van der Waals surface area contributed by atoms with Gasteiger partial charge in [-0.05, 0) is 32.0 Å². The van der Waals surface area contributed by atoms with Crippen molar-refractivity contribution in [3.05, 3.63) is 24.0 Å². The molecular formula is C14H24N2O2. The number of ether oxygens (including phenoxy) is 2. The Morgan fingerprint density at radius 3 is 2.67 bits per heavy atom. The van der Waals surface area contributed by atoms with E-state index in [1.165, 1.54) is 0 Å². The van der Waals surface area contributed by atoms with E-state index in [4.69, 9.17) is 9.47 Å². The van der Waals surface area contributed by atoms with Crippen molar-refractivity contribution in [1.29, 1.82) is 0 Å². The Labute approximate surface area is 110 Å². The predicted octanol–water partition coefficient (Wildman–Crippen LogP) is 2.56. The summed E-state index contributed by atoms with van der Waals surface area (Å²) in [6, 6.07) is 2.16. The summed E-state index contributed by atoms with van der Waals surface area (Å²) < 4.78 is 11.1. The second-order valence-electron chi connectivity index (χ2n) is 4.21. The molecule has 1 heterocycles. The first-order chi connectivity index (χ1) is 8.76. The van der Waals surface area contributed by atoms with Gasteiger partial charge >= 0.3 is 0 Å². The smallest absolute Gasteiger partial charge is 0.137 e. The molecule has 18 heavy (non-hydrogen) atoms. The fraction of sp³-hybridized carbons (Fsp3) is 0.643. The summed E-state index contributed by atoms with van der Waals surface area (Å²) in [5, 5.41) is 3.32. The van der Waals surface area contributed by atoms with Crippen LogP contribution in [0.5, 0.6) is 5.75 Å². The molecule has 0 radical (unpaired) electrons. The molecule has 4 heteroatoms. The molecule has 0 aliphatic carbocycles. The molecule has 0 fully saturated rings. The highest BCUT2D eigenvalue weighted by Crippen LogP contribution is 2.24. The van der Waals surface area contributed by atoms with Crippen LogP contribution in [0, 0.1) is 0 Å². The van der Waals surface area contributed by atoms with E-state index in [9.17, 15) is 0 Å². The fourth-order valence-electron chi connectivity index (χ4n) is 2.13. The number of rotatable bonds is 8. The highest BCUT2D eigenvalue weighted by atomic mass is 16.5. The summed E-state index contributed by atoms with van der Waals surface area (Å²) in [6.45, 7) is 4.92. The molecule has 1 rings (SSSR count). The van der Waals surface area contributed by atoms with Crippen LogP contribution in [0.15, 0.2) is 18.5 Å². The summed E-state index contributed by atoms with van der Waals surface area (Å²) in [7, 11) is 3.60. The van der Waals surface area contributed by atoms with Crippen LogP contribution in [0.3, 0.4) is 0 Å². The van der Waals surface area contributed by atoms with E-state index in [0.717, 1.165) is 30.8 Å². The normalized spacial score (nSPS) is 14.2. The average molecular weight is 252 g/mol. The van der Waals surface area contributed by atoms with Crippen LogP contribution in [-0.2, 0) is 4.74 Å². The van der Waals surface area contributed by atoms with Crippen molar-refractivity contribution in [1.82, 2.24) is 10.3 Å². The van der Waals surface area contributed by atoms with Gasteiger partial charge in [0.15, 0.2) is 0 Å². The maximum atomic E-state index is 5.83. The minimum atomic E-state index is 0.146.